The molecule has 0 saturated carbocycles. The summed E-state index contributed by atoms with van der Waals surface area (Å²) in [5.74, 6) is 1.33. The summed E-state index contributed by atoms with van der Waals surface area (Å²) in [6, 6.07) is 11.1. The number of benzene rings is 2. The number of hydrogen-bond donors (Lipinski definition) is 2. The van der Waals surface area contributed by atoms with Gasteiger partial charge in [0.05, 0.1) is 24.4 Å². The maximum atomic E-state index is 6.11. The largest absolute Gasteiger partial charge is 0.495 e. The first-order valence-electron chi connectivity index (χ1n) is 6.77. The highest BCUT2D eigenvalue weighted by molar-refractivity contribution is 6.32. The Morgan fingerprint density at radius 1 is 1.10 bits per heavy atom. The van der Waals surface area contributed by atoms with E-state index in [0.29, 0.717) is 28.8 Å². The van der Waals surface area contributed by atoms with Gasteiger partial charge in [-0.1, -0.05) is 18.5 Å². The minimum Gasteiger partial charge on any atom is -0.495 e. The van der Waals surface area contributed by atoms with E-state index in [9.17, 15) is 0 Å². The van der Waals surface area contributed by atoms with Gasteiger partial charge in [-0.3, -0.25) is 0 Å². The predicted molar refractivity (Wildman–Crippen MR) is 87.9 cm³/mol. The Hall–Kier alpha value is -2.07. The monoisotopic (exact) mass is 306 g/mol. The fraction of sp³-hybridized carbons (Fsp3) is 0.250. The Balaban J connectivity index is 2.17. The molecule has 0 spiro atoms. The van der Waals surface area contributed by atoms with Crippen LogP contribution in [0.1, 0.15) is 13.3 Å². The smallest absolute Gasteiger partial charge is 0.144 e. The second kappa shape index (κ2) is 7.09. The Labute approximate surface area is 129 Å². The molecule has 4 nitrogen and oxygen atoms in total. The van der Waals surface area contributed by atoms with Gasteiger partial charge in [0.15, 0.2) is 0 Å². The van der Waals surface area contributed by atoms with Gasteiger partial charge in [-0.2, -0.15) is 0 Å². The number of nitrogens with two attached hydrogens (primary N) is 1. The van der Waals surface area contributed by atoms with E-state index in [2.05, 4.69) is 12.2 Å². The summed E-state index contributed by atoms with van der Waals surface area (Å²) in [6.45, 7) is 2.69. The summed E-state index contributed by atoms with van der Waals surface area (Å²) in [5.41, 5.74) is 8.28. The van der Waals surface area contributed by atoms with Gasteiger partial charge in [0.1, 0.15) is 11.5 Å². The van der Waals surface area contributed by atoms with Crippen molar-refractivity contribution in [2.45, 2.75) is 13.3 Å². The number of halogens is 1. The molecule has 0 aliphatic heterocycles. The Morgan fingerprint density at radius 3 is 2.48 bits per heavy atom. The Bertz CT molecular complexity index is 617. The lowest BCUT2D eigenvalue weighted by Crippen LogP contribution is -2.00. The van der Waals surface area contributed by atoms with Crippen LogP contribution in [0.4, 0.5) is 17.1 Å². The van der Waals surface area contributed by atoms with Crippen molar-refractivity contribution < 1.29 is 9.47 Å². The molecular formula is C16H19ClN2O2. The maximum Gasteiger partial charge on any atom is 0.144 e. The first-order chi connectivity index (χ1) is 10.1. The number of anilines is 3. The minimum atomic E-state index is 0.556. The fourth-order valence-electron chi connectivity index (χ4n) is 1.86. The third kappa shape index (κ3) is 3.95. The predicted octanol–water partition coefficient (Wildman–Crippen LogP) is 4.46. The molecular weight excluding hydrogens is 288 g/mol. The summed E-state index contributed by atoms with van der Waals surface area (Å²) < 4.78 is 10.7. The average molecular weight is 307 g/mol. The van der Waals surface area contributed by atoms with Crippen molar-refractivity contribution in [1.82, 2.24) is 0 Å². The van der Waals surface area contributed by atoms with Gasteiger partial charge >= 0.3 is 0 Å². The molecule has 0 bridgehead atoms. The van der Waals surface area contributed by atoms with Crippen LogP contribution in [0.3, 0.4) is 0 Å². The van der Waals surface area contributed by atoms with Gasteiger partial charge in [-0.25, -0.2) is 0 Å². The number of nitrogens with one attached hydrogen (secondary N) is 1. The summed E-state index contributed by atoms with van der Waals surface area (Å²) in [7, 11) is 1.59. The molecule has 21 heavy (non-hydrogen) atoms. The molecule has 0 unspecified atom stereocenters. The van der Waals surface area contributed by atoms with E-state index in [1.54, 1.807) is 7.11 Å². The standard InChI is InChI=1S/C16H19ClN2O2/c1-3-8-21-16-10-12(4-6-14(16)18)19-11-5-7-15(20-2)13(17)9-11/h4-7,9-10,19H,3,8,18H2,1-2H3. The minimum absolute atomic E-state index is 0.556. The van der Waals surface area contributed by atoms with Crippen molar-refractivity contribution in [2.75, 3.05) is 24.8 Å². The number of rotatable bonds is 6. The van der Waals surface area contributed by atoms with E-state index in [0.717, 1.165) is 17.8 Å². The zero-order valence-corrected chi connectivity index (χ0v) is 12.9. The van der Waals surface area contributed by atoms with E-state index >= 15 is 0 Å². The summed E-state index contributed by atoms with van der Waals surface area (Å²) in [4.78, 5) is 0. The van der Waals surface area contributed by atoms with Crippen LogP contribution in [-0.4, -0.2) is 13.7 Å². The molecule has 0 amide bonds. The molecule has 2 aromatic carbocycles. The van der Waals surface area contributed by atoms with Crippen LogP contribution in [0.5, 0.6) is 11.5 Å². The quantitative estimate of drug-likeness (QED) is 0.773. The zero-order valence-electron chi connectivity index (χ0n) is 12.2. The molecule has 0 aliphatic carbocycles. The van der Waals surface area contributed by atoms with Crippen molar-refractivity contribution in [3.8, 4) is 11.5 Å². The molecule has 0 heterocycles. The Kier molecular flexibility index (Phi) is 5.17. The Morgan fingerprint density at radius 2 is 1.81 bits per heavy atom. The summed E-state index contributed by atoms with van der Waals surface area (Å²) >= 11 is 6.11. The second-order valence-electron chi connectivity index (χ2n) is 4.58. The number of methoxy groups -OCH3 is 1. The third-order valence-corrected chi connectivity index (χ3v) is 3.21. The molecule has 2 aromatic rings. The first kappa shape index (κ1) is 15.3. The number of ether oxygens (including phenoxy) is 2. The first-order valence-corrected chi connectivity index (χ1v) is 7.14. The van der Waals surface area contributed by atoms with Crippen molar-refractivity contribution in [2.24, 2.45) is 0 Å². The summed E-state index contributed by atoms with van der Waals surface area (Å²) in [5, 5.41) is 3.82. The normalized spacial score (nSPS) is 10.2. The van der Waals surface area contributed by atoms with Gasteiger partial charge in [0.25, 0.3) is 0 Å². The average Bonchev–Trinajstić information content (AvgIpc) is 2.48. The topological polar surface area (TPSA) is 56.5 Å². The molecule has 5 heteroatoms. The van der Waals surface area contributed by atoms with Crippen molar-refractivity contribution in [3.63, 3.8) is 0 Å². The van der Waals surface area contributed by atoms with Crippen molar-refractivity contribution in [3.05, 3.63) is 41.4 Å². The molecule has 0 saturated heterocycles. The lowest BCUT2D eigenvalue weighted by atomic mass is 10.2. The number of nitrogen functional groups attached to an aromatic ring is 1. The molecule has 3 N–H and O–H groups in total. The highest BCUT2D eigenvalue weighted by atomic mass is 35.5. The van der Waals surface area contributed by atoms with E-state index in [1.807, 2.05) is 36.4 Å². The lowest BCUT2D eigenvalue weighted by Gasteiger charge is -2.12. The molecule has 2 rings (SSSR count). The van der Waals surface area contributed by atoms with Crippen molar-refractivity contribution >= 4 is 28.7 Å². The zero-order chi connectivity index (χ0) is 15.2. The van der Waals surface area contributed by atoms with Crippen LogP contribution in [0, 0.1) is 0 Å². The van der Waals surface area contributed by atoms with Crippen LogP contribution in [0.2, 0.25) is 5.02 Å². The van der Waals surface area contributed by atoms with Crippen LogP contribution in [0.15, 0.2) is 36.4 Å². The molecule has 0 aliphatic rings. The van der Waals surface area contributed by atoms with Gasteiger partial charge in [0.2, 0.25) is 0 Å². The molecule has 0 aromatic heterocycles. The van der Waals surface area contributed by atoms with Crippen LogP contribution >= 0.6 is 11.6 Å². The van der Waals surface area contributed by atoms with Crippen molar-refractivity contribution in [1.29, 1.82) is 0 Å². The number of hydrogen-bond acceptors (Lipinski definition) is 4. The van der Waals surface area contributed by atoms with E-state index in [1.165, 1.54) is 0 Å². The van der Waals surface area contributed by atoms with E-state index in [-0.39, 0.29) is 0 Å². The SMILES string of the molecule is CCCOc1cc(Nc2ccc(OC)c(Cl)c2)ccc1N. The molecule has 0 radical (unpaired) electrons. The van der Waals surface area contributed by atoms with E-state index < -0.39 is 0 Å². The van der Waals surface area contributed by atoms with Crippen LogP contribution < -0.4 is 20.5 Å². The highest BCUT2D eigenvalue weighted by Gasteiger charge is 2.05. The van der Waals surface area contributed by atoms with Gasteiger partial charge < -0.3 is 20.5 Å². The molecule has 0 atom stereocenters. The van der Waals surface area contributed by atoms with Crippen LogP contribution in [-0.2, 0) is 0 Å². The maximum absolute atomic E-state index is 6.11. The lowest BCUT2D eigenvalue weighted by molar-refractivity contribution is 0.319. The third-order valence-electron chi connectivity index (χ3n) is 2.92. The summed E-state index contributed by atoms with van der Waals surface area (Å²) in [6.07, 6.45) is 0.936. The van der Waals surface area contributed by atoms with E-state index in [4.69, 9.17) is 26.8 Å². The molecule has 112 valence electrons. The fourth-order valence-corrected chi connectivity index (χ4v) is 2.12. The highest BCUT2D eigenvalue weighted by Crippen LogP contribution is 2.31. The van der Waals surface area contributed by atoms with Gasteiger partial charge in [-0.05, 0) is 36.8 Å². The molecule has 0 fully saturated rings. The van der Waals surface area contributed by atoms with Gasteiger partial charge in [-0.15, -0.1) is 0 Å². The second-order valence-corrected chi connectivity index (χ2v) is 4.98. The van der Waals surface area contributed by atoms with Crippen LogP contribution in [0.25, 0.3) is 0 Å². The van der Waals surface area contributed by atoms with Gasteiger partial charge in [0, 0.05) is 17.4 Å².